The normalized spacial score (nSPS) is 19.9. The third kappa shape index (κ3) is 5.36. The van der Waals surface area contributed by atoms with E-state index in [2.05, 4.69) is 20.8 Å². The lowest BCUT2D eigenvalue weighted by molar-refractivity contribution is -0.121. The summed E-state index contributed by atoms with van der Waals surface area (Å²) in [5.74, 6) is 0.109. The average Bonchev–Trinajstić information content (AvgIpc) is 3.42. The van der Waals surface area contributed by atoms with Gasteiger partial charge in [0.2, 0.25) is 11.8 Å². The van der Waals surface area contributed by atoms with Crippen molar-refractivity contribution in [3.8, 4) is 0 Å². The van der Waals surface area contributed by atoms with Gasteiger partial charge in [0.1, 0.15) is 0 Å². The number of rotatable bonds is 8. The molecule has 0 aromatic carbocycles. The van der Waals surface area contributed by atoms with Crippen molar-refractivity contribution in [2.24, 2.45) is 0 Å². The van der Waals surface area contributed by atoms with Gasteiger partial charge < -0.3 is 10.6 Å². The zero-order chi connectivity index (χ0) is 16.4. The number of nitrogens with one attached hydrogen (secondary N) is 2. The molecule has 6 nitrogen and oxygen atoms in total. The SMILES string of the molecule is C[C@H](Sc1nnc(S[C@H](C)C(=O)NC2CC2)s1)C(=O)NC1CC1. The van der Waals surface area contributed by atoms with Gasteiger partial charge in [-0.05, 0) is 39.5 Å². The van der Waals surface area contributed by atoms with Gasteiger partial charge >= 0.3 is 0 Å². The van der Waals surface area contributed by atoms with Crippen LogP contribution in [0.15, 0.2) is 8.68 Å². The lowest BCUT2D eigenvalue weighted by Gasteiger charge is -2.09. The molecule has 9 heteroatoms. The molecule has 2 saturated carbocycles. The lowest BCUT2D eigenvalue weighted by Crippen LogP contribution is -2.32. The van der Waals surface area contributed by atoms with Crippen LogP contribution in [0.5, 0.6) is 0 Å². The highest BCUT2D eigenvalue weighted by Gasteiger charge is 2.28. The van der Waals surface area contributed by atoms with Crippen molar-refractivity contribution in [2.75, 3.05) is 0 Å². The van der Waals surface area contributed by atoms with E-state index in [1.54, 1.807) is 0 Å². The predicted molar refractivity (Wildman–Crippen MR) is 92.9 cm³/mol. The van der Waals surface area contributed by atoms with Crippen LogP contribution < -0.4 is 10.6 Å². The van der Waals surface area contributed by atoms with Crippen LogP contribution in [0.3, 0.4) is 0 Å². The Morgan fingerprint density at radius 2 is 1.35 bits per heavy atom. The molecule has 1 aromatic rings. The van der Waals surface area contributed by atoms with E-state index in [9.17, 15) is 9.59 Å². The molecule has 0 unspecified atom stereocenters. The first-order valence-corrected chi connectivity index (χ1v) is 10.4. The summed E-state index contributed by atoms with van der Waals surface area (Å²) in [6, 6.07) is 0.744. The molecule has 2 fully saturated rings. The van der Waals surface area contributed by atoms with Gasteiger partial charge in [-0.25, -0.2) is 0 Å². The molecule has 2 N–H and O–H groups in total. The molecular formula is C14H20N4O2S3. The minimum absolute atomic E-state index is 0.0547. The number of carbonyl (C=O) groups excluding carboxylic acids is 2. The second-order valence-corrected chi connectivity index (χ2v) is 10.1. The van der Waals surface area contributed by atoms with Crippen LogP contribution in [0, 0.1) is 0 Å². The van der Waals surface area contributed by atoms with Crippen molar-refractivity contribution in [1.29, 1.82) is 0 Å². The maximum atomic E-state index is 11.9. The standard InChI is InChI=1S/C14H20N4O2S3/c1-7(11(19)15-9-3-4-9)21-13-17-18-14(23-13)22-8(2)12(20)16-10-5-6-10/h7-10H,3-6H2,1-2H3,(H,15,19)(H,16,20)/t7-,8+. The highest BCUT2D eigenvalue weighted by atomic mass is 32.2. The second-order valence-electron chi connectivity index (χ2n) is 5.92. The maximum absolute atomic E-state index is 11.9. The van der Waals surface area contributed by atoms with Crippen LogP contribution in [0.4, 0.5) is 0 Å². The van der Waals surface area contributed by atoms with Gasteiger partial charge in [0.05, 0.1) is 10.5 Å². The number of thioether (sulfide) groups is 2. The molecule has 1 heterocycles. The van der Waals surface area contributed by atoms with E-state index in [0.717, 1.165) is 34.4 Å². The van der Waals surface area contributed by atoms with Crippen molar-refractivity contribution in [3.05, 3.63) is 0 Å². The summed E-state index contributed by atoms with van der Waals surface area (Å²) in [7, 11) is 0. The predicted octanol–water partition coefficient (Wildman–Crippen LogP) is 2.06. The van der Waals surface area contributed by atoms with Gasteiger partial charge in [-0.2, -0.15) is 0 Å². The molecule has 0 spiro atoms. The van der Waals surface area contributed by atoms with E-state index in [1.807, 2.05) is 13.8 Å². The summed E-state index contributed by atoms with van der Waals surface area (Å²) < 4.78 is 1.53. The van der Waals surface area contributed by atoms with Gasteiger partial charge in [-0.15, -0.1) is 10.2 Å². The molecule has 2 aliphatic carbocycles. The Morgan fingerprint density at radius 3 is 1.70 bits per heavy atom. The molecular weight excluding hydrogens is 352 g/mol. The molecule has 23 heavy (non-hydrogen) atoms. The number of carbonyl (C=O) groups is 2. The van der Waals surface area contributed by atoms with Crippen molar-refractivity contribution in [1.82, 2.24) is 20.8 Å². The van der Waals surface area contributed by atoms with Crippen LogP contribution in [0.25, 0.3) is 0 Å². The summed E-state index contributed by atoms with van der Waals surface area (Å²) in [4.78, 5) is 23.9. The van der Waals surface area contributed by atoms with Gasteiger partial charge in [-0.3, -0.25) is 9.59 Å². The van der Waals surface area contributed by atoms with Crippen LogP contribution in [-0.4, -0.2) is 44.6 Å². The van der Waals surface area contributed by atoms with Gasteiger partial charge in [0, 0.05) is 12.1 Å². The van der Waals surface area contributed by atoms with E-state index in [0.29, 0.717) is 12.1 Å². The molecule has 3 rings (SSSR count). The Balaban J connectivity index is 1.46. The summed E-state index contributed by atoms with van der Waals surface area (Å²) >= 11 is 4.27. The van der Waals surface area contributed by atoms with E-state index >= 15 is 0 Å². The summed E-state index contributed by atoms with van der Waals surface area (Å²) in [6.07, 6.45) is 4.35. The van der Waals surface area contributed by atoms with E-state index in [1.165, 1.54) is 34.9 Å². The fourth-order valence-electron chi connectivity index (χ4n) is 1.79. The monoisotopic (exact) mass is 372 g/mol. The van der Waals surface area contributed by atoms with E-state index in [-0.39, 0.29) is 22.3 Å². The Morgan fingerprint density at radius 1 is 0.957 bits per heavy atom. The number of hydrogen-bond donors (Lipinski definition) is 2. The van der Waals surface area contributed by atoms with Crippen molar-refractivity contribution < 1.29 is 9.59 Å². The molecule has 2 aliphatic rings. The Labute approximate surface area is 148 Å². The molecule has 0 radical (unpaired) electrons. The minimum atomic E-state index is -0.183. The average molecular weight is 373 g/mol. The van der Waals surface area contributed by atoms with Crippen molar-refractivity contribution in [2.45, 2.75) is 70.8 Å². The molecule has 2 atom stereocenters. The minimum Gasteiger partial charge on any atom is -0.352 e. The molecule has 1 aromatic heterocycles. The van der Waals surface area contributed by atoms with Crippen molar-refractivity contribution >= 4 is 46.7 Å². The first-order chi connectivity index (χ1) is 11.0. The lowest BCUT2D eigenvalue weighted by atomic mass is 10.4. The molecule has 126 valence electrons. The van der Waals surface area contributed by atoms with Crippen molar-refractivity contribution in [3.63, 3.8) is 0 Å². The molecule has 0 aliphatic heterocycles. The summed E-state index contributed by atoms with van der Waals surface area (Å²) in [5, 5.41) is 13.9. The summed E-state index contributed by atoms with van der Waals surface area (Å²) in [5.41, 5.74) is 0. The van der Waals surface area contributed by atoms with Crippen LogP contribution in [0.2, 0.25) is 0 Å². The van der Waals surface area contributed by atoms with Gasteiger partial charge in [-0.1, -0.05) is 34.9 Å². The van der Waals surface area contributed by atoms with E-state index in [4.69, 9.17) is 0 Å². The fourth-order valence-corrected chi connectivity index (χ4v) is 5.12. The first-order valence-electron chi connectivity index (χ1n) is 7.79. The Hall–Kier alpha value is -0.800. The highest BCUT2D eigenvalue weighted by Crippen LogP contribution is 2.33. The zero-order valence-corrected chi connectivity index (χ0v) is 15.5. The van der Waals surface area contributed by atoms with E-state index < -0.39 is 0 Å². The molecule has 0 saturated heterocycles. The van der Waals surface area contributed by atoms with Crippen LogP contribution in [-0.2, 0) is 9.59 Å². The van der Waals surface area contributed by atoms with Crippen LogP contribution in [0.1, 0.15) is 39.5 Å². The smallest absolute Gasteiger partial charge is 0.233 e. The van der Waals surface area contributed by atoms with Crippen LogP contribution >= 0.6 is 34.9 Å². The number of nitrogens with zero attached hydrogens (tertiary/aromatic N) is 2. The molecule has 2 amide bonds. The number of amides is 2. The Kier molecular flexibility index (Phi) is 5.48. The summed E-state index contributed by atoms with van der Waals surface area (Å²) in [6.45, 7) is 3.75. The number of aromatic nitrogens is 2. The first kappa shape index (κ1) is 17.0. The maximum Gasteiger partial charge on any atom is 0.233 e. The molecule has 0 bridgehead atoms. The van der Waals surface area contributed by atoms with Gasteiger partial charge in [0.15, 0.2) is 8.68 Å². The third-order valence-corrected chi connectivity index (χ3v) is 6.82. The van der Waals surface area contributed by atoms with Gasteiger partial charge in [0.25, 0.3) is 0 Å². The largest absolute Gasteiger partial charge is 0.352 e. The fraction of sp³-hybridized carbons (Fsp3) is 0.714. The number of hydrogen-bond acceptors (Lipinski definition) is 7. The highest BCUT2D eigenvalue weighted by molar-refractivity contribution is 8.04. The topological polar surface area (TPSA) is 84.0 Å². The third-order valence-electron chi connectivity index (χ3n) is 3.53. The quantitative estimate of drug-likeness (QED) is 0.680. The second kappa shape index (κ2) is 7.40. The Bertz CT molecular complexity index is 538. The zero-order valence-electron chi connectivity index (χ0n) is 13.1.